The molecule has 1 heterocycles. The molecule has 0 radical (unpaired) electrons. The van der Waals surface area contributed by atoms with Crippen molar-refractivity contribution in [1.29, 1.82) is 0 Å². The van der Waals surface area contributed by atoms with Crippen molar-refractivity contribution in [3.05, 3.63) is 68.8 Å². The first kappa shape index (κ1) is 15.2. The molecule has 0 bridgehead atoms. The molecule has 0 saturated carbocycles. The van der Waals surface area contributed by atoms with E-state index in [0.717, 1.165) is 5.01 Å². The lowest BCUT2D eigenvalue weighted by molar-refractivity contribution is -0.385. The zero-order chi connectivity index (χ0) is 17.3. The quantitative estimate of drug-likeness (QED) is 0.645. The molecule has 2 amide bonds. The summed E-state index contributed by atoms with van der Waals surface area (Å²) in [6.45, 7) is 0. The first-order valence-electron chi connectivity index (χ1n) is 6.62. The maximum Gasteiger partial charge on any atom is 0.358 e. The van der Waals surface area contributed by atoms with E-state index in [1.807, 2.05) is 0 Å². The molecular weight excluding hydrogens is 320 g/mol. The highest BCUT2D eigenvalue weighted by atomic mass is 16.6. The van der Waals surface area contributed by atoms with Crippen LogP contribution < -0.4 is 21.1 Å². The van der Waals surface area contributed by atoms with E-state index in [2.05, 4.69) is 11.0 Å². The van der Waals surface area contributed by atoms with Gasteiger partial charge in [-0.25, -0.2) is 15.2 Å². The Bertz CT molecular complexity index is 807. The number of amides is 2. The van der Waals surface area contributed by atoms with Gasteiger partial charge in [-0.1, -0.05) is 0 Å². The standard InChI is InChI=1S/C13H10N6O5/c20-13-14-17(10-3-7-12(8-4-10)19(23)24)15-16(13)9-1-5-11(6-2-9)18(21)22/h1-8,15H,(H,14,20). The molecule has 11 heteroatoms. The molecule has 122 valence electrons. The van der Waals surface area contributed by atoms with Crippen molar-refractivity contribution in [3.63, 3.8) is 0 Å². The number of hydrogen-bond donors (Lipinski definition) is 2. The van der Waals surface area contributed by atoms with Gasteiger partial charge in [0, 0.05) is 24.3 Å². The number of nitro benzene ring substituents is 2. The summed E-state index contributed by atoms with van der Waals surface area (Å²) in [5.41, 5.74) is 5.94. The van der Waals surface area contributed by atoms with Gasteiger partial charge in [0.05, 0.1) is 21.2 Å². The Hall–Kier alpha value is -3.73. The van der Waals surface area contributed by atoms with Crippen LogP contribution in [0.15, 0.2) is 48.5 Å². The van der Waals surface area contributed by atoms with Gasteiger partial charge < -0.3 is 0 Å². The highest BCUT2D eigenvalue weighted by Crippen LogP contribution is 2.23. The molecule has 11 nitrogen and oxygen atoms in total. The average molecular weight is 330 g/mol. The number of urea groups is 1. The van der Waals surface area contributed by atoms with E-state index in [4.69, 9.17) is 0 Å². The molecule has 24 heavy (non-hydrogen) atoms. The van der Waals surface area contributed by atoms with Crippen molar-refractivity contribution in [2.24, 2.45) is 0 Å². The number of nitro groups is 2. The monoisotopic (exact) mass is 330 g/mol. The van der Waals surface area contributed by atoms with Crippen molar-refractivity contribution in [3.8, 4) is 0 Å². The predicted octanol–water partition coefficient (Wildman–Crippen LogP) is 1.87. The molecule has 0 atom stereocenters. The maximum absolute atomic E-state index is 12.0. The number of carbonyl (C=O) groups is 1. The molecule has 1 aliphatic rings. The summed E-state index contributed by atoms with van der Waals surface area (Å²) in [6, 6.07) is 10.4. The minimum atomic E-state index is -0.537. The number of benzene rings is 2. The fourth-order valence-corrected chi connectivity index (χ4v) is 2.06. The van der Waals surface area contributed by atoms with Crippen molar-refractivity contribution >= 4 is 28.8 Å². The second-order valence-corrected chi connectivity index (χ2v) is 4.73. The van der Waals surface area contributed by atoms with Crippen LogP contribution >= 0.6 is 0 Å². The molecule has 1 saturated heterocycles. The highest BCUT2D eigenvalue weighted by molar-refractivity contribution is 5.94. The number of nitrogens with zero attached hydrogens (tertiary/aromatic N) is 4. The van der Waals surface area contributed by atoms with E-state index < -0.39 is 15.9 Å². The van der Waals surface area contributed by atoms with E-state index >= 15 is 0 Å². The van der Waals surface area contributed by atoms with Crippen LogP contribution in [-0.4, -0.2) is 15.9 Å². The van der Waals surface area contributed by atoms with Crippen LogP contribution in [0.5, 0.6) is 0 Å². The highest BCUT2D eigenvalue weighted by Gasteiger charge is 2.28. The Balaban J connectivity index is 1.77. The van der Waals surface area contributed by atoms with Crippen LogP contribution in [0.2, 0.25) is 0 Å². The Labute approximate surface area is 134 Å². The van der Waals surface area contributed by atoms with Crippen molar-refractivity contribution in [2.45, 2.75) is 0 Å². The Morgan fingerprint density at radius 3 is 1.71 bits per heavy atom. The number of rotatable bonds is 4. The number of hydrazine groups is 3. The molecule has 3 rings (SSSR count). The number of carbonyl (C=O) groups excluding carboxylic acids is 1. The summed E-state index contributed by atoms with van der Waals surface area (Å²) in [7, 11) is 0. The van der Waals surface area contributed by atoms with Gasteiger partial charge in [-0.15, -0.1) is 5.53 Å². The third kappa shape index (κ3) is 2.78. The largest absolute Gasteiger partial charge is 0.358 e. The second kappa shape index (κ2) is 5.81. The molecule has 0 unspecified atom stereocenters. The lowest BCUT2D eigenvalue weighted by Gasteiger charge is -2.18. The third-order valence-electron chi connectivity index (χ3n) is 3.25. The Morgan fingerprint density at radius 2 is 1.25 bits per heavy atom. The van der Waals surface area contributed by atoms with Crippen LogP contribution in [0, 0.1) is 20.2 Å². The van der Waals surface area contributed by atoms with Gasteiger partial charge in [0.25, 0.3) is 11.4 Å². The molecule has 1 aliphatic heterocycles. The summed E-state index contributed by atoms with van der Waals surface area (Å²) in [5, 5.41) is 23.7. The smallest absolute Gasteiger partial charge is 0.258 e. The van der Waals surface area contributed by atoms with Gasteiger partial charge in [0.1, 0.15) is 0 Å². The molecule has 2 N–H and O–H groups in total. The zero-order valence-corrected chi connectivity index (χ0v) is 11.9. The number of non-ortho nitro benzene ring substituents is 2. The molecule has 1 fully saturated rings. The summed E-state index contributed by atoms with van der Waals surface area (Å²) in [6.07, 6.45) is 0. The number of nitrogens with one attached hydrogen (secondary N) is 2. The maximum atomic E-state index is 12.0. The van der Waals surface area contributed by atoms with Crippen molar-refractivity contribution in [2.75, 3.05) is 10.1 Å². The summed E-state index contributed by atoms with van der Waals surface area (Å²) in [4.78, 5) is 32.3. The third-order valence-corrected chi connectivity index (χ3v) is 3.25. The van der Waals surface area contributed by atoms with Crippen LogP contribution in [0.3, 0.4) is 0 Å². The fourth-order valence-electron chi connectivity index (χ4n) is 2.06. The summed E-state index contributed by atoms with van der Waals surface area (Å²) in [5.74, 6) is 0. The minimum absolute atomic E-state index is 0.0727. The Kier molecular flexibility index (Phi) is 3.67. The van der Waals surface area contributed by atoms with Gasteiger partial charge in [-0.3, -0.25) is 20.2 Å². The molecular formula is C13H10N6O5. The van der Waals surface area contributed by atoms with E-state index in [0.29, 0.717) is 11.4 Å². The van der Waals surface area contributed by atoms with Gasteiger partial charge in [-0.05, 0) is 24.3 Å². The SMILES string of the molecule is O=C1NN(c2ccc([N+](=O)[O-])cc2)NN1c1ccc([N+](=O)[O-])cc1. The van der Waals surface area contributed by atoms with E-state index in [1.54, 1.807) is 0 Å². The van der Waals surface area contributed by atoms with Gasteiger partial charge in [-0.2, -0.15) is 5.12 Å². The Morgan fingerprint density at radius 1 is 0.792 bits per heavy atom. The molecule has 0 aromatic heterocycles. The predicted molar refractivity (Wildman–Crippen MR) is 82.8 cm³/mol. The zero-order valence-electron chi connectivity index (χ0n) is 11.9. The van der Waals surface area contributed by atoms with Gasteiger partial charge in [0.2, 0.25) is 0 Å². The van der Waals surface area contributed by atoms with Crippen LogP contribution in [0.4, 0.5) is 27.5 Å². The lowest BCUT2D eigenvalue weighted by Crippen LogP contribution is -2.42. The van der Waals surface area contributed by atoms with Gasteiger partial charge in [0.15, 0.2) is 0 Å². The van der Waals surface area contributed by atoms with Crippen LogP contribution in [0.25, 0.3) is 0 Å². The molecule has 2 aromatic rings. The molecule has 2 aromatic carbocycles. The minimum Gasteiger partial charge on any atom is -0.258 e. The fraction of sp³-hybridized carbons (Fsp3) is 0. The first-order valence-corrected chi connectivity index (χ1v) is 6.62. The van der Waals surface area contributed by atoms with Gasteiger partial charge >= 0.3 is 6.03 Å². The normalized spacial score (nSPS) is 13.8. The van der Waals surface area contributed by atoms with Crippen molar-refractivity contribution in [1.82, 2.24) is 11.0 Å². The second-order valence-electron chi connectivity index (χ2n) is 4.73. The topological polar surface area (TPSA) is 134 Å². The first-order chi connectivity index (χ1) is 11.5. The average Bonchev–Trinajstić information content (AvgIpc) is 2.97. The molecule has 0 aliphatic carbocycles. The lowest BCUT2D eigenvalue weighted by atomic mass is 10.3. The summed E-state index contributed by atoms with van der Waals surface area (Å²) >= 11 is 0. The van der Waals surface area contributed by atoms with E-state index in [1.165, 1.54) is 53.6 Å². The number of hydrogen-bond acceptors (Lipinski definition) is 7. The van der Waals surface area contributed by atoms with Crippen LogP contribution in [-0.2, 0) is 0 Å². The van der Waals surface area contributed by atoms with Crippen LogP contribution in [0.1, 0.15) is 0 Å². The summed E-state index contributed by atoms with van der Waals surface area (Å²) < 4.78 is 0. The number of anilines is 2. The molecule has 0 spiro atoms. The van der Waals surface area contributed by atoms with E-state index in [9.17, 15) is 25.0 Å². The van der Waals surface area contributed by atoms with Crippen molar-refractivity contribution < 1.29 is 14.6 Å². The van der Waals surface area contributed by atoms with E-state index in [-0.39, 0.29) is 11.4 Å².